The highest BCUT2D eigenvalue weighted by Gasteiger charge is 2.39. The summed E-state index contributed by atoms with van der Waals surface area (Å²) in [4.78, 5) is 15.1. The number of carbonyl (C=O) groups excluding carboxylic acids is 1. The van der Waals surface area contributed by atoms with E-state index in [0.29, 0.717) is 44.5 Å². The van der Waals surface area contributed by atoms with Gasteiger partial charge in [-0.1, -0.05) is 32.1 Å². The summed E-state index contributed by atoms with van der Waals surface area (Å²) in [6.45, 7) is 5.38. The Hall–Kier alpha value is -2.95. The van der Waals surface area contributed by atoms with Crippen LogP contribution in [0.25, 0.3) is 0 Å². The molecule has 0 bridgehead atoms. The third-order valence-electron chi connectivity index (χ3n) is 7.49. The number of nitrogens with zero attached hydrogens (tertiary/aromatic N) is 2. The Morgan fingerprint density at radius 2 is 1.86 bits per heavy atom. The largest absolute Gasteiger partial charge is 0.498 e. The molecule has 1 saturated heterocycles. The highest BCUT2D eigenvalue weighted by Crippen LogP contribution is 2.41. The second-order valence-electron chi connectivity index (χ2n) is 9.67. The number of alkyl halides is 3. The smallest absolute Gasteiger partial charge is 0.416 e. The first-order chi connectivity index (χ1) is 17.2. The van der Waals surface area contributed by atoms with E-state index in [0.717, 1.165) is 17.4 Å². The Kier molecular flexibility index (Phi) is 9.47. The first kappa shape index (κ1) is 27.6. The molecule has 3 rings (SSSR count). The van der Waals surface area contributed by atoms with Crippen molar-refractivity contribution < 1.29 is 27.4 Å². The Labute approximate surface area is 211 Å². The number of piperidine rings is 1. The minimum absolute atomic E-state index is 0.0433. The van der Waals surface area contributed by atoms with Crippen molar-refractivity contribution >= 4 is 5.91 Å². The number of ether oxygens (including phenoxy) is 2. The summed E-state index contributed by atoms with van der Waals surface area (Å²) >= 11 is 0. The molecule has 196 valence electrons. The molecule has 0 aromatic heterocycles. The molecular weight excluding hydrogens is 469 g/mol. The van der Waals surface area contributed by atoms with Gasteiger partial charge < -0.3 is 14.4 Å². The number of unbranched alkanes of at least 4 members (excludes halogenated alkanes) is 1. The maximum absolute atomic E-state index is 13.3. The summed E-state index contributed by atoms with van der Waals surface area (Å²) < 4.78 is 50.9. The summed E-state index contributed by atoms with van der Waals surface area (Å²) in [7, 11) is 1.62. The Morgan fingerprint density at radius 3 is 2.44 bits per heavy atom. The van der Waals surface area contributed by atoms with Gasteiger partial charge in [-0.15, -0.1) is 0 Å². The van der Waals surface area contributed by atoms with E-state index in [9.17, 15) is 18.0 Å². The van der Waals surface area contributed by atoms with Gasteiger partial charge in [-0.3, -0.25) is 4.79 Å². The average Bonchev–Trinajstić information content (AvgIpc) is 2.89. The van der Waals surface area contributed by atoms with Crippen molar-refractivity contribution in [3.05, 3.63) is 53.3 Å². The monoisotopic (exact) mass is 504 g/mol. The lowest BCUT2D eigenvalue weighted by Crippen LogP contribution is -2.43. The van der Waals surface area contributed by atoms with E-state index >= 15 is 0 Å². The Morgan fingerprint density at radius 1 is 1.19 bits per heavy atom. The van der Waals surface area contributed by atoms with Crippen molar-refractivity contribution in [2.45, 2.75) is 58.0 Å². The average molecular weight is 505 g/mol. The van der Waals surface area contributed by atoms with Gasteiger partial charge in [-0.05, 0) is 61.3 Å². The predicted octanol–water partition coefficient (Wildman–Crippen LogP) is 6.39. The number of halogens is 3. The molecule has 1 aliphatic heterocycles. The zero-order valence-corrected chi connectivity index (χ0v) is 21.2. The van der Waals surface area contributed by atoms with E-state index in [1.165, 1.54) is 6.08 Å². The van der Waals surface area contributed by atoms with Crippen molar-refractivity contribution in [3.8, 4) is 11.8 Å². The van der Waals surface area contributed by atoms with Crippen LogP contribution in [0.4, 0.5) is 13.2 Å². The van der Waals surface area contributed by atoms with E-state index in [4.69, 9.17) is 14.7 Å². The number of methoxy groups -OCH3 is 1. The molecule has 0 spiro atoms. The van der Waals surface area contributed by atoms with Gasteiger partial charge in [0.05, 0.1) is 25.4 Å². The molecule has 0 radical (unpaired) electrons. The lowest BCUT2D eigenvalue weighted by atomic mass is 9.78. The van der Waals surface area contributed by atoms with Crippen molar-refractivity contribution in [3.63, 3.8) is 0 Å². The first-order valence-electron chi connectivity index (χ1n) is 12.6. The van der Waals surface area contributed by atoms with Gasteiger partial charge in [-0.2, -0.15) is 18.4 Å². The van der Waals surface area contributed by atoms with Crippen LogP contribution in [0.5, 0.6) is 5.75 Å². The van der Waals surface area contributed by atoms with Crippen LogP contribution in [0.15, 0.2) is 47.7 Å². The number of hydrogen-bond donors (Lipinski definition) is 0. The number of amides is 1. The Bertz CT molecular complexity index is 987. The van der Waals surface area contributed by atoms with E-state index in [2.05, 4.69) is 0 Å². The van der Waals surface area contributed by atoms with Crippen LogP contribution in [-0.2, 0) is 9.53 Å². The van der Waals surface area contributed by atoms with Crippen molar-refractivity contribution in [1.82, 2.24) is 4.90 Å². The van der Waals surface area contributed by atoms with Crippen LogP contribution in [0.2, 0.25) is 0 Å². The molecule has 8 heteroatoms. The van der Waals surface area contributed by atoms with Gasteiger partial charge >= 0.3 is 6.18 Å². The van der Waals surface area contributed by atoms with Gasteiger partial charge in [-0.25, -0.2) is 0 Å². The molecule has 0 saturated carbocycles. The Balaban J connectivity index is 1.60. The molecule has 1 aliphatic carbocycles. The zero-order chi connectivity index (χ0) is 26.3. The summed E-state index contributed by atoms with van der Waals surface area (Å²) in [5, 5.41) is 8.72. The van der Waals surface area contributed by atoms with E-state index in [1.807, 2.05) is 49.1 Å². The van der Waals surface area contributed by atoms with Crippen molar-refractivity contribution in [2.24, 2.45) is 17.8 Å². The molecule has 1 fully saturated rings. The minimum atomic E-state index is -4.42. The maximum atomic E-state index is 13.3. The number of nitriles is 1. The van der Waals surface area contributed by atoms with E-state index < -0.39 is 11.7 Å². The maximum Gasteiger partial charge on any atom is 0.416 e. The standard InChI is InChI=1S/C28H35F3N2O3/c1-19(21-6-9-24(35-3)10-7-21)20(2)27(34)33-15-12-22(13-16-33)25-11-8-23(28(29,30)31)18-26(25)36-17-5-4-14-32/h6-10,18-20,22,25H,4-5,11-13,15-17H2,1-3H3/t19-,20-,25?/m1/s1. The topological polar surface area (TPSA) is 62.6 Å². The number of carbonyl (C=O) groups is 1. The summed E-state index contributed by atoms with van der Waals surface area (Å²) in [5.74, 6) is 1.07. The molecule has 1 aromatic rings. The number of allylic oxidation sites excluding steroid dienone is 4. The van der Waals surface area contributed by atoms with E-state index in [-0.39, 0.29) is 42.6 Å². The summed E-state index contributed by atoms with van der Waals surface area (Å²) in [6, 6.07) is 9.78. The quantitative estimate of drug-likeness (QED) is 0.366. The van der Waals surface area contributed by atoms with Crippen molar-refractivity contribution in [1.29, 1.82) is 5.26 Å². The van der Waals surface area contributed by atoms with Crippen LogP contribution in [0.3, 0.4) is 0 Å². The van der Waals surface area contributed by atoms with Crippen LogP contribution in [0.1, 0.15) is 57.4 Å². The third kappa shape index (κ3) is 6.83. The normalized spacial score (nSPS) is 20.6. The second-order valence-corrected chi connectivity index (χ2v) is 9.67. The molecule has 2 aliphatic rings. The van der Waals surface area contributed by atoms with Crippen molar-refractivity contribution in [2.75, 3.05) is 26.8 Å². The zero-order valence-electron chi connectivity index (χ0n) is 21.2. The molecular formula is C28H35F3N2O3. The van der Waals surface area contributed by atoms with Crippen LogP contribution >= 0.6 is 0 Å². The second kappa shape index (κ2) is 12.3. The number of likely N-dealkylation sites (tertiary alicyclic amines) is 1. The lowest BCUT2D eigenvalue weighted by Gasteiger charge is -2.39. The van der Waals surface area contributed by atoms with Crippen LogP contribution < -0.4 is 4.74 Å². The third-order valence-corrected chi connectivity index (χ3v) is 7.49. The fourth-order valence-electron chi connectivity index (χ4n) is 5.02. The van der Waals surface area contributed by atoms with Gasteiger partial charge in [0.25, 0.3) is 0 Å². The van der Waals surface area contributed by atoms with Gasteiger partial charge in [0.15, 0.2) is 0 Å². The fourth-order valence-corrected chi connectivity index (χ4v) is 5.02. The number of benzene rings is 1. The molecule has 36 heavy (non-hydrogen) atoms. The number of rotatable bonds is 9. The van der Waals surface area contributed by atoms with Gasteiger partial charge in [0, 0.05) is 31.3 Å². The molecule has 5 nitrogen and oxygen atoms in total. The highest BCUT2D eigenvalue weighted by atomic mass is 19.4. The van der Waals surface area contributed by atoms with Gasteiger partial charge in [0.2, 0.25) is 5.91 Å². The highest BCUT2D eigenvalue weighted by molar-refractivity contribution is 5.79. The molecule has 3 atom stereocenters. The van der Waals surface area contributed by atoms with Crippen LogP contribution in [0, 0.1) is 29.1 Å². The molecule has 1 unspecified atom stereocenters. The molecule has 1 heterocycles. The summed E-state index contributed by atoms with van der Waals surface area (Å²) in [6.07, 6.45) is 0.430. The van der Waals surface area contributed by atoms with Crippen LogP contribution in [-0.4, -0.2) is 43.8 Å². The van der Waals surface area contributed by atoms with E-state index in [1.54, 1.807) is 7.11 Å². The lowest BCUT2D eigenvalue weighted by molar-refractivity contribution is -0.137. The van der Waals surface area contributed by atoms with Gasteiger partial charge in [0.1, 0.15) is 11.5 Å². The molecule has 1 aromatic carbocycles. The SMILES string of the molecule is COc1ccc([C@H](C)[C@@H](C)C(=O)N2CCC(C3CC=C(C(F)(F)F)C=C3OCCCC#N)CC2)cc1. The predicted molar refractivity (Wildman–Crippen MR) is 131 cm³/mol. The molecule has 0 N–H and O–H groups in total. The summed E-state index contributed by atoms with van der Waals surface area (Å²) in [5.41, 5.74) is 0.396. The minimum Gasteiger partial charge on any atom is -0.498 e. The fraction of sp³-hybridized carbons (Fsp3) is 0.571. The number of hydrogen-bond acceptors (Lipinski definition) is 4. The molecule has 1 amide bonds. The first-order valence-corrected chi connectivity index (χ1v) is 12.6.